The molecule has 1 aromatic carbocycles. The highest BCUT2D eigenvalue weighted by atomic mass is 14.9. The van der Waals surface area contributed by atoms with E-state index in [9.17, 15) is 0 Å². The summed E-state index contributed by atoms with van der Waals surface area (Å²) in [7, 11) is 2.17. The Bertz CT molecular complexity index is 586. The third-order valence-corrected chi connectivity index (χ3v) is 4.01. The monoisotopic (exact) mass is 238 g/mol. The van der Waals surface area contributed by atoms with E-state index in [4.69, 9.17) is 0 Å². The molecule has 1 fully saturated rings. The van der Waals surface area contributed by atoms with Crippen molar-refractivity contribution in [3.63, 3.8) is 0 Å². The number of nitrogens with zero attached hydrogens (tertiary/aromatic N) is 1. The fourth-order valence-electron chi connectivity index (χ4n) is 2.73. The Kier molecular flexibility index (Phi) is 2.70. The third kappa shape index (κ3) is 2.05. The molecular weight excluding hydrogens is 218 g/mol. The van der Waals surface area contributed by atoms with Gasteiger partial charge in [0.2, 0.25) is 0 Å². The molecule has 2 atom stereocenters. The lowest BCUT2D eigenvalue weighted by molar-refractivity contribution is -0.679. The number of aryl methyl sites for hydroxylation is 2. The summed E-state index contributed by atoms with van der Waals surface area (Å²) in [6, 6.07) is 13.3. The lowest BCUT2D eigenvalue weighted by atomic mass is 10.0. The van der Waals surface area contributed by atoms with Crippen LogP contribution in [-0.2, 0) is 7.05 Å². The minimum atomic E-state index is 0.779. The standard InChI is InChI=1S/C17H20N/c1-12-5-4-6-14(9-12)15-7-8-17(18(3)11-15)16-10-13(16)2/h4-9,11,13,16H,10H2,1-3H3/q+1/t13-,16?/m1/s1. The lowest BCUT2D eigenvalue weighted by Gasteiger charge is -2.04. The van der Waals surface area contributed by atoms with Gasteiger partial charge in [-0.15, -0.1) is 0 Å². The highest BCUT2D eigenvalue weighted by Gasteiger charge is 2.39. The van der Waals surface area contributed by atoms with Gasteiger partial charge < -0.3 is 0 Å². The van der Waals surface area contributed by atoms with Gasteiger partial charge in [-0.2, -0.15) is 0 Å². The number of aromatic nitrogens is 1. The molecule has 3 rings (SSSR count). The zero-order valence-corrected chi connectivity index (χ0v) is 11.4. The Labute approximate surface area is 109 Å². The smallest absolute Gasteiger partial charge is 0.184 e. The molecule has 1 unspecified atom stereocenters. The van der Waals surface area contributed by atoms with Crippen LogP contribution in [0.4, 0.5) is 0 Å². The zero-order chi connectivity index (χ0) is 12.7. The van der Waals surface area contributed by atoms with Crippen LogP contribution in [0, 0.1) is 12.8 Å². The van der Waals surface area contributed by atoms with Crippen molar-refractivity contribution in [1.82, 2.24) is 0 Å². The summed E-state index contributed by atoms with van der Waals surface area (Å²) in [5.41, 5.74) is 5.40. The lowest BCUT2D eigenvalue weighted by Crippen LogP contribution is -2.33. The fourth-order valence-corrected chi connectivity index (χ4v) is 2.73. The Morgan fingerprint density at radius 1 is 1.11 bits per heavy atom. The van der Waals surface area contributed by atoms with Crippen molar-refractivity contribution in [3.8, 4) is 11.1 Å². The minimum absolute atomic E-state index is 0.779. The first kappa shape index (κ1) is 11.5. The largest absolute Gasteiger partial charge is 0.204 e. The number of rotatable bonds is 2. The second kappa shape index (κ2) is 4.24. The van der Waals surface area contributed by atoms with Crippen molar-refractivity contribution in [2.45, 2.75) is 26.2 Å². The Balaban J connectivity index is 1.97. The van der Waals surface area contributed by atoms with Crippen molar-refractivity contribution in [3.05, 3.63) is 53.9 Å². The molecular formula is C17H20N+. The third-order valence-electron chi connectivity index (χ3n) is 4.01. The molecule has 0 aliphatic heterocycles. The van der Waals surface area contributed by atoms with Gasteiger partial charge >= 0.3 is 0 Å². The van der Waals surface area contributed by atoms with Gasteiger partial charge in [-0.25, -0.2) is 4.57 Å². The first-order chi connectivity index (χ1) is 8.65. The number of hydrogen-bond acceptors (Lipinski definition) is 0. The second-order valence-corrected chi connectivity index (χ2v) is 5.64. The molecule has 0 spiro atoms. The summed E-state index contributed by atoms with van der Waals surface area (Å²) >= 11 is 0. The van der Waals surface area contributed by atoms with Gasteiger partial charge in [0.25, 0.3) is 0 Å². The Morgan fingerprint density at radius 2 is 1.89 bits per heavy atom. The molecule has 1 aliphatic carbocycles. The summed E-state index contributed by atoms with van der Waals surface area (Å²) in [4.78, 5) is 0. The van der Waals surface area contributed by atoms with Crippen molar-refractivity contribution >= 4 is 0 Å². The predicted molar refractivity (Wildman–Crippen MR) is 74.3 cm³/mol. The zero-order valence-electron chi connectivity index (χ0n) is 11.4. The number of benzene rings is 1. The molecule has 1 heteroatoms. The van der Waals surface area contributed by atoms with Crippen LogP contribution in [0.2, 0.25) is 0 Å². The SMILES string of the molecule is Cc1cccc(-c2ccc(C3C[C@H]3C)[n+](C)c2)c1. The van der Waals surface area contributed by atoms with Gasteiger partial charge in [0.05, 0.1) is 0 Å². The van der Waals surface area contributed by atoms with Crippen LogP contribution in [0.5, 0.6) is 0 Å². The van der Waals surface area contributed by atoms with Crippen molar-refractivity contribution in [1.29, 1.82) is 0 Å². The molecule has 0 amide bonds. The molecule has 1 aromatic heterocycles. The predicted octanol–water partition coefficient (Wildman–Crippen LogP) is 3.61. The molecule has 92 valence electrons. The maximum absolute atomic E-state index is 2.33. The van der Waals surface area contributed by atoms with Gasteiger partial charge in [0.15, 0.2) is 11.9 Å². The van der Waals surface area contributed by atoms with Gasteiger partial charge in [0, 0.05) is 17.5 Å². The van der Waals surface area contributed by atoms with Crippen molar-refractivity contribution in [2.75, 3.05) is 0 Å². The second-order valence-electron chi connectivity index (χ2n) is 5.64. The molecule has 0 bridgehead atoms. The molecule has 0 saturated heterocycles. The molecule has 18 heavy (non-hydrogen) atoms. The number of hydrogen-bond donors (Lipinski definition) is 0. The van der Waals surface area contributed by atoms with Crippen molar-refractivity contribution < 1.29 is 4.57 Å². The van der Waals surface area contributed by atoms with Crippen LogP contribution in [0.15, 0.2) is 42.6 Å². The molecule has 1 nitrogen and oxygen atoms in total. The average molecular weight is 238 g/mol. The molecule has 0 radical (unpaired) electrons. The molecule has 2 aromatic rings. The van der Waals surface area contributed by atoms with Crippen LogP contribution in [0.1, 0.15) is 30.5 Å². The quantitative estimate of drug-likeness (QED) is 0.704. The van der Waals surface area contributed by atoms with E-state index in [0.29, 0.717) is 0 Å². The van der Waals surface area contributed by atoms with E-state index in [1.807, 2.05) is 0 Å². The van der Waals surface area contributed by atoms with Crippen LogP contribution < -0.4 is 4.57 Å². The Morgan fingerprint density at radius 3 is 2.50 bits per heavy atom. The van der Waals surface area contributed by atoms with Gasteiger partial charge in [0.1, 0.15) is 7.05 Å². The van der Waals surface area contributed by atoms with E-state index in [1.54, 1.807) is 0 Å². The first-order valence-corrected chi connectivity index (χ1v) is 6.72. The van der Waals surface area contributed by atoms with E-state index in [2.05, 4.69) is 68.1 Å². The van der Waals surface area contributed by atoms with Crippen LogP contribution >= 0.6 is 0 Å². The van der Waals surface area contributed by atoms with E-state index in [0.717, 1.165) is 11.8 Å². The molecule has 1 saturated carbocycles. The normalized spacial score (nSPS) is 21.9. The number of pyridine rings is 1. The summed E-state index contributed by atoms with van der Waals surface area (Å²) in [5, 5.41) is 0. The molecule has 1 heterocycles. The summed E-state index contributed by atoms with van der Waals surface area (Å²) in [5.74, 6) is 1.64. The van der Waals surface area contributed by atoms with Gasteiger partial charge in [-0.1, -0.05) is 36.8 Å². The van der Waals surface area contributed by atoms with Gasteiger partial charge in [-0.3, -0.25) is 0 Å². The molecule has 0 N–H and O–H groups in total. The highest BCUT2D eigenvalue weighted by molar-refractivity contribution is 5.62. The Hall–Kier alpha value is -1.63. The van der Waals surface area contributed by atoms with E-state index in [1.165, 1.54) is 28.8 Å². The maximum Gasteiger partial charge on any atom is 0.184 e. The van der Waals surface area contributed by atoms with E-state index >= 15 is 0 Å². The summed E-state index contributed by atoms with van der Waals surface area (Å²) < 4.78 is 2.30. The summed E-state index contributed by atoms with van der Waals surface area (Å²) in [6.45, 7) is 4.48. The highest BCUT2D eigenvalue weighted by Crippen LogP contribution is 2.45. The topological polar surface area (TPSA) is 3.88 Å². The fraction of sp³-hybridized carbons (Fsp3) is 0.353. The van der Waals surface area contributed by atoms with Crippen LogP contribution in [0.3, 0.4) is 0 Å². The minimum Gasteiger partial charge on any atom is -0.204 e. The van der Waals surface area contributed by atoms with Crippen LogP contribution in [-0.4, -0.2) is 0 Å². The van der Waals surface area contributed by atoms with E-state index in [-0.39, 0.29) is 0 Å². The van der Waals surface area contributed by atoms with E-state index < -0.39 is 0 Å². The van der Waals surface area contributed by atoms with Gasteiger partial charge in [-0.05, 0) is 30.9 Å². The molecule has 1 aliphatic rings. The van der Waals surface area contributed by atoms with Crippen LogP contribution in [0.25, 0.3) is 11.1 Å². The maximum atomic E-state index is 2.33. The average Bonchev–Trinajstić information content (AvgIpc) is 3.06. The first-order valence-electron chi connectivity index (χ1n) is 6.72. The summed E-state index contributed by atoms with van der Waals surface area (Å²) in [6.07, 6.45) is 3.60. The van der Waals surface area contributed by atoms with Crippen molar-refractivity contribution in [2.24, 2.45) is 13.0 Å².